The van der Waals surface area contributed by atoms with Gasteiger partial charge in [-0.3, -0.25) is 4.79 Å². The first-order valence-corrected chi connectivity index (χ1v) is 8.56. The molecule has 1 saturated heterocycles. The van der Waals surface area contributed by atoms with Gasteiger partial charge in [-0.15, -0.1) is 0 Å². The van der Waals surface area contributed by atoms with E-state index in [0.717, 1.165) is 12.2 Å². The molecule has 1 atom stereocenters. The molecule has 0 aromatic heterocycles. The van der Waals surface area contributed by atoms with Gasteiger partial charge in [0.2, 0.25) is 5.75 Å². The number of Topliss-reactive ketones (excluding diaryl/α,β-unsaturated/α-hetero) is 1. The van der Waals surface area contributed by atoms with E-state index < -0.39 is 0 Å². The van der Waals surface area contributed by atoms with Crippen molar-refractivity contribution in [1.29, 1.82) is 0 Å². The van der Waals surface area contributed by atoms with E-state index in [4.69, 9.17) is 14.2 Å². The number of nitrogens with zero attached hydrogens (tertiary/aromatic N) is 1. The number of carbonyl (C=O) groups excluding carboxylic acids is 1. The molecule has 0 aliphatic carbocycles. The Balaban J connectivity index is 2.02. The Kier molecular flexibility index (Phi) is 5.63. The molecule has 2 aromatic rings. The summed E-state index contributed by atoms with van der Waals surface area (Å²) in [5, 5.41) is 3.31. The third-order valence-corrected chi connectivity index (χ3v) is 4.60. The van der Waals surface area contributed by atoms with Crippen LogP contribution in [0.2, 0.25) is 0 Å². The summed E-state index contributed by atoms with van der Waals surface area (Å²) < 4.78 is 16.5. The number of anilines is 1. The molecule has 2 aromatic carbocycles. The summed E-state index contributed by atoms with van der Waals surface area (Å²) in [6.07, 6.45) is 0. The molecule has 1 heterocycles. The van der Waals surface area contributed by atoms with Crippen LogP contribution in [-0.2, 0) is 0 Å². The van der Waals surface area contributed by atoms with Crippen molar-refractivity contribution in [1.82, 2.24) is 5.32 Å². The molecule has 6 heteroatoms. The van der Waals surface area contributed by atoms with Crippen molar-refractivity contribution in [2.75, 3.05) is 45.9 Å². The van der Waals surface area contributed by atoms with Crippen LogP contribution in [0.15, 0.2) is 42.5 Å². The zero-order chi connectivity index (χ0) is 18.5. The molecular weight excluding hydrogens is 332 g/mol. The van der Waals surface area contributed by atoms with Crippen molar-refractivity contribution in [2.24, 2.45) is 0 Å². The number of benzene rings is 2. The van der Waals surface area contributed by atoms with Gasteiger partial charge < -0.3 is 24.4 Å². The molecule has 0 bridgehead atoms. The lowest BCUT2D eigenvalue weighted by Crippen LogP contribution is -2.55. The van der Waals surface area contributed by atoms with Gasteiger partial charge in [-0.1, -0.05) is 30.3 Å². The third-order valence-electron chi connectivity index (χ3n) is 4.60. The average Bonchev–Trinajstić information content (AvgIpc) is 2.72. The highest BCUT2D eigenvalue weighted by Crippen LogP contribution is 2.45. The fourth-order valence-corrected chi connectivity index (χ4v) is 3.33. The number of ketones is 1. The molecule has 0 radical (unpaired) electrons. The molecule has 6 nitrogen and oxygen atoms in total. The zero-order valence-corrected chi connectivity index (χ0v) is 15.3. The fourth-order valence-electron chi connectivity index (χ4n) is 3.33. The summed E-state index contributed by atoms with van der Waals surface area (Å²) >= 11 is 0. The molecule has 1 aliphatic heterocycles. The number of ether oxygens (including phenoxy) is 3. The van der Waals surface area contributed by atoms with Crippen molar-refractivity contribution in [2.45, 2.75) is 6.04 Å². The van der Waals surface area contributed by atoms with Crippen LogP contribution in [0, 0.1) is 0 Å². The topological polar surface area (TPSA) is 60.0 Å². The van der Waals surface area contributed by atoms with Crippen LogP contribution >= 0.6 is 0 Å². The minimum Gasteiger partial charge on any atom is -0.493 e. The number of piperazine rings is 1. The number of methoxy groups -OCH3 is 3. The Morgan fingerprint density at radius 2 is 1.73 bits per heavy atom. The van der Waals surface area contributed by atoms with Gasteiger partial charge in [0.15, 0.2) is 17.3 Å². The Bertz CT molecular complexity index is 764. The van der Waals surface area contributed by atoms with E-state index in [9.17, 15) is 4.79 Å². The second-order valence-corrected chi connectivity index (χ2v) is 6.00. The molecule has 3 rings (SSSR count). The van der Waals surface area contributed by atoms with Crippen LogP contribution in [0.3, 0.4) is 0 Å². The Morgan fingerprint density at radius 3 is 2.38 bits per heavy atom. The standard InChI is InChI=1S/C20H24N2O4/c1-24-17-10-9-15(19(25-2)20(17)26-3)22-12-11-21-13-16(22)18(23)14-7-5-4-6-8-14/h4-10,16,21H,11-13H2,1-3H3. The van der Waals surface area contributed by atoms with Crippen LogP contribution in [0.4, 0.5) is 5.69 Å². The maximum absolute atomic E-state index is 13.1. The van der Waals surface area contributed by atoms with Gasteiger partial charge in [0.25, 0.3) is 0 Å². The molecule has 1 N–H and O–H groups in total. The minimum absolute atomic E-state index is 0.0784. The van der Waals surface area contributed by atoms with E-state index in [1.165, 1.54) is 0 Å². The number of rotatable bonds is 6. The number of nitrogens with one attached hydrogen (secondary N) is 1. The zero-order valence-electron chi connectivity index (χ0n) is 15.3. The molecule has 1 unspecified atom stereocenters. The molecule has 1 fully saturated rings. The molecule has 0 saturated carbocycles. The smallest absolute Gasteiger partial charge is 0.205 e. The second kappa shape index (κ2) is 8.10. The lowest BCUT2D eigenvalue weighted by atomic mass is 10.00. The van der Waals surface area contributed by atoms with Gasteiger partial charge in [-0.2, -0.15) is 0 Å². The Hall–Kier alpha value is -2.73. The van der Waals surface area contributed by atoms with E-state index in [-0.39, 0.29) is 11.8 Å². The normalized spacial score (nSPS) is 16.9. The third kappa shape index (κ3) is 3.32. The van der Waals surface area contributed by atoms with Crippen molar-refractivity contribution in [3.05, 3.63) is 48.0 Å². The van der Waals surface area contributed by atoms with Crippen molar-refractivity contribution < 1.29 is 19.0 Å². The lowest BCUT2D eigenvalue weighted by Gasteiger charge is -2.38. The lowest BCUT2D eigenvalue weighted by molar-refractivity contribution is 0.0950. The number of hydrogen-bond acceptors (Lipinski definition) is 6. The molecular formula is C20H24N2O4. The van der Waals surface area contributed by atoms with E-state index in [1.807, 2.05) is 42.5 Å². The highest BCUT2D eigenvalue weighted by molar-refractivity contribution is 6.02. The SMILES string of the molecule is COc1ccc(N2CCNCC2C(=O)c2ccccc2)c(OC)c1OC. The molecule has 0 spiro atoms. The van der Waals surface area contributed by atoms with Crippen LogP contribution < -0.4 is 24.4 Å². The maximum Gasteiger partial charge on any atom is 0.205 e. The van der Waals surface area contributed by atoms with E-state index in [0.29, 0.717) is 35.9 Å². The van der Waals surface area contributed by atoms with Gasteiger partial charge >= 0.3 is 0 Å². The highest BCUT2D eigenvalue weighted by atomic mass is 16.5. The van der Waals surface area contributed by atoms with Gasteiger partial charge in [0.05, 0.1) is 27.0 Å². The van der Waals surface area contributed by atoms with Crippen molar-refractivity contribution in [3.63, 3.8) is 0 Å². The molecule has 0 amide bonds. The predicted octanol–water partition coefficient (Wildman–Crippen LogP) is 2.37. The minimum atomic E-state index is -0.321. The second-order valence-electron chi connectivity index (χ2n) is 6.00. The number of hydrogen-bond donors (Lipinski definition) is 1. The monoisotopic (exact) mass is 356 g/mol. The Morgan fingerprint density at radius 1 is 1.00 bits per heavy atom. The predicted molar refractivity (Wildman–Crippen MR) is 101 cm³/mol. The summed E-state index contributed by atoms with van der Waals surface area (Å²) in [5.74, 6) is 1.76. The summed E-state index contributed by atoms with van der Waals surface area (Å²) in [6, 6.07) is 12.8. The van der Waals surface area contributed by atoms with E-state index in [1.54, 1.807) is 21.3 Å². The highest BCUT2D eigenvalue weighted by Gasteiger charge is 2.32. The number of carbonyl (C=O) groups is 1. The van der Waals surface area contributed by atoms with E-state index >= 15 is 0 Å². The van der Waals surface area contributed by atoms with Crippen LogP contribution in [0.5, 0.6) is 17.2 Å². The average molecular weight is 356 g/mol. The van der Waals surface area contributed by atoms with Gasteiger partial charge in [-0.05, 0) is 12.1 Å². The van der Waals surface area contributed by atoms with Gasteiger partial charge in [-0.25, -0.2) is 0 Å². The largest absolute Gasteiger partial charge is 0.493 e. The molecule has 26 heavy (non-hydrogen) atoms. The first kappa shape index (κ1) is 18.1. The summed E-state index contributed by atoms with van der Waals surface area (Å²) in [7, 11) is 4.76. The fraction of sp³-hybridized carbons (Fsp3) is 0.350. The van der Waals surface area contributed by atoms with Crippen LogP contribution in [0.25, 0.3) is 0 Å². The summed E-state index contributed by atoms with van der Waals surface area (Å²) in [6.45, 7) is 2.05. The van der Waals surface area contributed by atoms with Gasteiger partial charge in [0, 0.05) is 25.2 Å². The van der Waals surface area contributed by atoms with Crippen molar-refractivity contribution in [3.8, 4) is 17.2 Å². The van der Waals surface area contributed by atoms with E-state index in [2.05, 4.69) is 10.2 Å². The molecule has 138 valence electrons. The van der Waals surface area contributed by atoms with Crippen molar-refractivity contribution >= 4 is 11.5 Å². The first-order valence-electron chi connectivity index (χ1n) is 8.56. The van der Waals surface area contributed by atoms with Crippen LogP contribution in [-0.4, -0.2) is 52.8 Å². The Labute approximate surface area is 153 Å². The quantitative estimate of drug-likeness (QED) is 0.802. The summed E-state index contributed by atoms with van der Waals surface area (Å²) in [4.78, 5) is 15.2. The van der Waals surface area contributed by atoms with Crippen LogP contribution in [0.1, 0.15) is 10.4 Å². The first-order chi connectivity index (χ1) is 12.7. The summed E-state index contributed by atoms with van der Waals surface area (Å²) in [5.41, 5.74) is 1.52. The van der Waals surface area contributed by atoms with Gasteiger partial charge in [0.1, 0.15) is 6.04 Å². The maximum atomic E-state index is 13.1. The molecule has 1 aliphatic rings.